The summed E-state index contributed by atoms with van der Waals surface area (Å²) in [6.45, 7) is 1.41. The molecule has 1 atom stereocenters. The Kier molecular flexibility index (Phi) is 5.81. The Labute approximate surface area is 168 Å². The van der Waals surface area contributed by atoms with Crippen molar-refractivity contribution in [2.24, 2.45) is 0 Å². The topological polar surface area (TPSA) is 75.3 Å². The van der Waals surface area contributed by atoms with Gasteiger partial charge in [-0.05, 0) is 36.6 Å². The lowest BCUT2D eigenvalue weighted by Crippen LogP contribution is -2.36. The fraction of sp³-hybridized carbons (Fsp3) is 0.261. The van der Waals surface area contributed by atoms with E-state index in [1.807, 2.05) is 36.4 Å². The van der Waals surface area contributed by atoms with Gasteiger partial charge < -0.3 is 14.6 Å². The highest BCUT2D eigenvalue weighted by molar-refractivity contribution is 5.91. The zero-order valence-corrected chi connectivity index (χ0v) is 16.1. The summed E-state index contributed by atoms with van der Waals surface area (Å²) in [5.74, 6) is 0.327. The Hall–Kier alpha value is -3.25. The summed E-state index contributed by atoms with van der Waals surface area (Å²) in [7, 11) is 0. The Bertz CT molecular complexity index is 1070. The maximum atomic E-state index is 12.9. The summed E-state index contributed by atoms with van der Waals surface area (Å²) in [4.78, 5) is 34.3. The third-order valence-electron chi connectivity index (χ3n) is 4.98. The number of nitrogens with one attached hydrogen (secondary N) is 1. The third kappa shape index (κ3) is 4.78. The molecule has 1 aliphatic heterocycles. The molecule has 2 aromatic carbocycles. The van der Waals surface area contributed by atoms with E-state index >= 15 is 0 Å². The number of H-pyrrole nitrogens is 1. The Morgan fingerprint density at radius 2 is 1.97 bits per heavy atom. The number of fused-ring (bicyclic) bond motifs is 1. The first kappa shape index (κ1) is 19.1. The number of hydrogen-bond donors (Lipinski definition) is 1. The van der Waals surface area contributed by atoms with E-state index in [1.165, 1.54) is 0 Å². The average Bonchev–Trinajstić information content (AvgIpc) is 3.25. The molecule has 29 heavy (non-hydrogen) atoms. The minimum Gasteiger partial charge on any atom is -0.376 e. The molecule has 0 radical (unpaired) electrons. The summed E-state index contributed by atoms with van der Waals surface area (Å²) in [6.07, 6.45) is 5.28. The molecular weight excluding hydrogens is 366 g/mol. The fourth-order valence-electron chi connectivity index (χ4n) is 3.49. The second-order valence-electron chi connectivity index (χ2n) is 7.13. The van der Waals surface area contributed by atoms with Crippen molar-refractivity contribution in [2.75, 3.05) is 13.2 Å². The van der Waals surface area contributed by atoms with E-state index in [0.29, 0.717) is 23.3 Å². The fourth-order valence-corrected chi connectivity index (χ4v) is 3.49. The van der Waals surface area contributed by atoms with E-state index in [0.717, 1.165) is 25.0 Å². The van der Waals surface area contributed by atoms with Crippen LogP contribution in [0.3, 0.4) is 0 Å². The number of hydrogen-bond acceptors (Lipinski definition) is 4. The van der Waals surface area contributed by atoms with Gasteiger partial charge in [0.2, 0.25) is 5.91 Å². The molecule has 1 aromatic heterocycles. The zero-order chi connectivity index (χ0) is 20.1. The normalized spacial score (nSPS) is 16.5. The minimum atomic E-state index is -0.199. The molecule has 0 bridgehead atoms. The van der Waals surface area contributed by atoms with Crippen molar-refractivity contribution in [3.05, 3.63) is 82.4 Å². The lowest BCUT2D eigenvalue weighted by molar-refractivity contribution is -0.128. The number of aromatic amines is 1. The van der Waals surface area contributed by atoms with E-state index in [2.05, 4.69) is 9.97 Å². The molecule has 0 saturated carbocycles. The zero-order valence-electron chi connectivity index (χ0n) is 16.1. The van der Waals surface area contributed by atoms with Crippen LogP contribution in [0, 0.1) is 0 Å². The van der Waals surface area contributed by atoms with E-state index < -0.39 is 0 Å². The van der Waals surface area contributed by atoms with Crippen LogP contribution in [0.1, 0.15) is 24.2 Å². The predicted octanol–water partition coefficient (Wildman–Crippen LogP) is 3.14. The highest BCUT2D eigenvalue weighted by atomic mass is 16.5. The maximum Gasteiger partial charge on any atom is 0.258 e. The second-order valence-corrected chi connectivity index (χ2v) is 7.13. The van der Waals surface area contributed by atoms with Gasteiger partial charge in [0, 0.05) is 19.2 Å². The second kappa shape index (κ2) is 8.84. The van der Waals surface area contributed by atoms with Gasteiger partial charge in [-0.25, -0.2) is 4.98 Å². The third-order valence-corrected chi connectivity index (χ3v) is 4.98. The number of amides is 1. The van der Waals surface area contributed by atoms with Gasteiger partial charge in [-0.2, -0.15) is 0 Å². The Morgan fingerprint density at radius 3 is 2.76 bits per heavy atom. The molecule has 1 saturated heterocycles. The van der Waals surface area contributed by atoms with Gasteiger partial charge >= 0.3 is 0 Å². The first-order chi connectivity index (χ1) is 14.2. The Balaban J connectivity index is 1.57. The van der Waals surface area contributed by atoms with Crippen molar-refractivity contribution in [2.45, 2.75) is 25.5 Å². The van der Waals surface area contributed by atoms with Crippen LogP contribution in [0.25, 0.3) is 17.0 Å². The van der Waals surface area contributed by atoms with Gasteiger partial charge in [-0.3, -0.25) is 9.59 Å². The number of para-hydroxylation sites is 1. The highest BCUT2D eigenvalue weighted by Crippen LogP contribution is 2.15. The standard InChI is InChI=1S/C23H23N3O3/c27-22(13-12-17-7-2-1-3-8-17)26(15-18-9-6-14-29-18)16-21-24-20-11-5-4-10-19(20)23(28)25-21/h1-5,7-8,10-13,18H,6,9,14-16H2,(H,24,25,28)/b13-12+/t18-/m1/s1. The van der Waals surface area contributed by atoms with E-state index in [4.69, 9.17) is 4.74 Å². The summed E-state index contributed by atoms with van der Waals surface area (Å²) >= 11 is 0. The van der Waals surface area contributed by atoms with Crippen molar-refractivity contribution >= 4 is 22.9 Å². The van der Waals surface area contributed by atoms with Crippen molar-refractivity contribution in [3.63, 3.8) is 0 Å². The van der Waals surface area contributed by atoms with Gasteiger partial charge in [-0.15, -0.1) is 0 Å². The molecule has 6 heteroatoms. The number of benzene rings is 2. The maximum absolute atomic E-state index is 12.9. The SMILES string of the molecule is O=C(/C=C/c1ccccc1)N(Cc1nc2ccccc2c(=O)[nH]1)C[C@H]1CCCO1. The lowest BCUT2D eigenvalue weighted by Gasteiger charge is -2.24. The molecule has 4 rings (SSSR count). The molecule has 2 heterocycles. The Morgan fingerprint density at radius 1 is 1.17 bits per heavy atom. The smallest absolute Gasteiger partial charge is 0.258 e. The van der Waals surface area contributed by atoms with Crippen LogP contribution in [0.5, 0.6) is 0 Å². The van der Waals surface area contributed by atoms with Crippen LogP contribution in [-0.2, 0) is 16.1 Å². The molecule has 1 fully saturated rings. The minimum absolute atomic E-state index is 0.0104. The summed E-state index contributed by atoms with van der Waals surface area (Å²) in [5.41, 5.74) is 1.38. The van der Waals surface area contributed by atoms with Crippen molar-refractivity contribution in [3.8, 4) is 0 Å². The number of carbonyl (C=O) groups excluding carboxylic acids is 1. The van der Waals surface area contributed by atoms with Gasteiger partial charge in [0.15, 0.2) is 0 Å². The van der Waals surface area contributed by atoms with Crippen LogP contribution in [0.4, 0.5) is 0 Å². The monoisotopic (exact) mass is 389 g/mol. The molecule has 0 unspecified atom stereocenters. The van der Waals surface area contributed by atoms with Crippen LogP contribution >= 0.6 is 0 Å². The number of rotatable bonds is 6. The number of nitrogens with zero attached hydrogens (tertiary/aromatic N) is 2. The molecule has 148 valence electrons. The van der Waals surface area contributed by atoms with Crippen LogP contribution < -0.4 is 5.56 Å². The highest BCUT2D eigenvalue weighted by Gasteiger charge is 2.22. The van der Waals surface area contributed by atoms with Gasteiger partial charge in [-0.1, -0.05) is 42.5 Å². The molecule has 1 N–H and O–H groups in total. The van der Waals surface area contributed by atoms with Crippen molar-refractivity contribution in [1.82, 2.24) is 14.9 Å². The van der Waals surface area contributed by atoms with E-state index in [1.54, 1.807) is 35.3 Å². The van der Waals surface area contributed by atoms with Crippen molar-refractivity contribution in [1.29, 1.82) is 0 Å². The summed E-state index contributed by atoms with van der Waals surface area (Å²) in [5, 5.41) is 0.539. The first-order valence-electron chi connectivity index (χ1n) is 9.80. The molecular formula is C23H23N3O3. The average molecular weight is 389 g/mol. The van der Waals surface area contributed by atoms with Crippen LogP contribution in [-0.4, -0.2) is 40.0 Å². The van der Waals surface area contributed by atoms with Crippen LogP contribution in [0.2, 0.25) is 0 Å². The predicted molar refractivity (Wildman–Crippen MR) is 112 cm³/mol. The van der Waals surface area contributed by atoms with E-state index in [-0.39, 0.29) is 24.1 Å². The lowest BCUT2D eigenvalue weighted by atomic mass is 10.2. The van der Waals surface area contributed by atoms with Crippen molar-refractivity contribution < 1.29 is 9.53 Å². The molecule has 1 aliphatic rings. The number of carbonyl (C=O) groups is 1. The largest absolute Gasteiger partial charge is 0.376 e. The summed E-state index contributed by atoms with van der Waals surface area (Å²) in [6, 6.07) is 16.9. The molecule has 0 aliphatic carbocycles. The molecule has 6 nitrogen and oxygen atoms in total. The quantitative estimate of drug-likeness (QED) is 0.657. The number of aromatic nitrogens is 2. The van der Waals surface area contributed by atoms with Gasteiger partial charge in [0.05, 0.1) is 23.6 Å². The summed E-state index contributed by atoms with van der Waals surface area (Å²) < 4.78 is 5.72. The van der Waals surface area contributed by atoms with Crippen LogP contribution in [0.15, 0.2) is 65.5 Å². The van der Waals surface area contributed by atoms with Gasteiger partial charge in [0.25, 0.3) is 5.56 Å². The van der Waals surface area contributed by atoms with E-state index in [9.17, 15) is 9.59 Å². The molecule has 3 aromatic rings. The first-order valence-corrected chi connectivity index (χ1v) is 9.80. The van der Waals surface area contributed by atoms with Gasteiger partial charge in [0.1, 0.15) is 5.82 Å². The molecule has 0 spiro atoms. The molecule has 1 amide bonds. The number of ether oxygens (including phenoxy) is 1.